The number of hydrogen-bond donors (Lipinski definition) is 1. The van der Waals surface area contributed by atoms with Crippen LogP contribution in [0.3, 0.4) is 0 Å². The maximum Gasteiger partial charge on any atom is 0.268 e. The van der Waals surface area contributed by atoms with Crippen molar-refractivity contribution in [3.8, 4) is 11.8 Å². The van der Waals surface area contributed by atoms with Crippen molar-refractivity contribution in [3.05, 3.63) is 69.8 Å². The van der Waals surface area contributed by atoms with Crippen LogP contribution in [0.2, 0.25) is 5.02 Å². The van der Waals surface area contributed by atoms with Gasteiger partial charge in [-0.3, -0.25) is 10.1 Å². The van der Waals surface area contributed by atoms with Gasteiger partial charge in [-0.25, -0.2) is 8.42 Å². The zero-order valence-corrected chi connectivity index (χ0v) is 19.4. The molecule has 0 unspecified atom stereocenters. The quantitative estimate of drug-likeness (QED) is 0.393. The largest absolute Gasteiger partial charge is 0.487 e. The number of aromatic nitrogens is 2. The molecule has 2 aromatic carbocycles. The Bertz CT molecular complexity index is 1340. The van der Waals surface area contributed by atoms with Gasteiger partial charge < -0.3 is 4.74 Å². The fraction of sp³-hybridized carbons (Fsp3) is 0.143. The molecule has 0 fully saturated rings. The molecule has 0 radical (unpaired) electrons. The Balaban J connectivity index is 1.72. The number of sulfone groups is 1. The lowest BCUT2D eigenvalue weighted by Gasteiger charge is -2.10. The van der Waals surface area contributed by atoms with Gasteiger partial charge in [0, 0.05) is 17.8 Å². The van der Waals surface area contributed by atoms with Crippen LogP contribution in [0.4, 0.5) is 5.13 Å². The Morgan fingerprint density at radius 2 is 2.06 bits per heavy atom. The first-order chi connectivity index (χ1) is 15.2. The van der Waals surface area contributed by atoms with Crippen molar-refractivity contribution in [1.29, 1.82) is 5.26 Å². The van der Waals surface area contributed by atoms with Crippen molar-refractivity contribution in [2.75, 3.05) is 11.6 Å². The number of halogens is 1. The number of ether oxygens (including phenoxy) is 1. The van der Waals surface area contributed by atoms with Gasteiger partial charge in [0.05, 0.1) is 5.02 Å². The number of carbonyl (C=O) groups is 1. The molecule has 8 nitrogen and oxygen atoms in total. The fourth-order valence-electron chi connectivity index (χ4n) is 2.54. The minimum absolute atomic E-state index is 0.0328. The minimum Gasteiger partial charge on any atom is -0.487 e. The van der Waals surface area contributed by atoms with Crippen molar-refractivity contribution in [2.45, 2.75) is 18.7 Å². The van der Waals surface area contributed by atoms with Gasteiger partial charge in [-0.2, -0.15) is 14.6 Å². The van der Waals surface area contributed by atoms with Crippen molar-refractivity contribution >= 4 is 50.1 Å². The molecule has 0 saturated carbocycles. The molecule has 0 aliphatic carbocycles. The lowest BCUT2D eigenvalue weighted by atomic mass is 10.1. The monoisotopic (exact) mass is 488 g/mol. The van der Waals surface area contributed by atoms with Crippen LogP contribution in [0.5, 0.6) is 5.75 Å². The normalized spacial score (nSPS) is 11.6. The first-order valence-electron chi connectivity index (χ1n) is 9.11. The van der Waals surface area contributed by atoms with Crippen LogP contribution in [0, 0.1) is 18.3 Å². The average molecular weight is 489 g/mol. The molecule has 0 aliphatic heterocycles. The molecule has 3 rings (SSSR count). The van der Waals surface area contributed by atoms with Crippen LogP contribution in [0.25, 0.3) is 6.08 Å². The molecule has 1 heterocycles. The summed E-state index contributed by atoms with van der Waals surface area (Å²) in [4.78, 5) is 16.1. The molecule has 3 aromatic rings. The first kappa shape index (κ1) is 23.4. The smallest absolute Gasteiger partial charge is 0.268 e. The Labute approximate surface area is 194 Å². The molecule has 1 aromatic heterocycles. The fourth-order valence-corrected chi connectivity index (χ4v) is 4.23. The number of carbonyl (C=O) groups excluding carboxylic acids is 1. The topological polar surface area (TPSA) is 122 Å². The average Bonchev–Trinajstić information content (AvgIpc) is 3.21. The van der Waals surface area contributed by atoms with E-state index in [2.05, 4.69) is 14.7 Å². The summed E-state index contributed by atoms with van der Waals surface area (Å²) in [7, 11) is -3.60. The number of nitrogens with one attached hydrogen (secondary N) is 1. The number of benzene rings is 2. The van der Waals surface area contributed by atoms with E-state index in [1.165, 1.54) is 6.08 Å². The van der Waals surface area contributed by atoms with E-state index in [0.717, 1.165) is 17.4 Å². The number of rotatable bonds is 7. The number of aryl methyl sites for hydroxylation is 1. The maximum atomic E-state index is 12.4. The highest BCUT2D eigenvalue weighted by Gasteiger charge is 2.17. The van der Waals surface area contributed by atoms with Crippen molar-refractivity contribution in [2.24, 2.45) is 0 Å². The van der Waals surface area contributed by atoms with Crippen LogP contribution < -0.4 is 10.1 Å². The molecule has 0 bridgehead atoms. The number of nitrogens with zero attached hydrogens (tertiary/aromatic N) is 3. The zero-order chi connectivity index (χ0) is 23.3. The molecule has 164 valence electrons. The Morgan fingerprint density at radius 3 is 2.69 bits per heavy atom. The molecular weight excluding hydrogens is 472 g/mol. The van der Waals surface area contributed by atoms with E-state index in [0.29, 0.717) is 34.5 Å². The zero-order valence-electron chi connectivity index (χ0n) is 17.0. The van der Waals surface area contributed by atoms with Gasteiger partial charge in [-0.15, -0.1) is 0 Å². The summed E-state index contributed by atoms with van der Waals surface area (Å²) in [5.41, 5.74) is 2.43. The molecule has 11 heteroatoms. The van der Waals surface area contributed by atoms with Gasteiger partial charge >= 0.3 is 0 Å². The van der Waals surface area contributed by atoms with E-state index in [1.54, 1.807) is 18.2 Å². The van der Waals surface area contributed by atoms with Gasteiger partial charge in [-0.05, 0) is 41.8 Å². The summed E-state index contributed by atoms with van der Waals surface area (Å²) in [6.45, 7) is 2.34. The van der Waals surface area contributed by atoms with Crippen molar-refractivity contribution in [1.82, 2.24) is 9.36 Å². The lowest BCUT2D eigenvalue weighted by Crippen LogP contribution is -2.13. The van der Waals surface area contributed by atoms with Gasteiger partial charge in [0.25, 0.3) is 11.1 Å². The highest BCUT2D eigenvalue weighted by Crippen LogP contribution is 2.28. The van der Waals surface area contributed by atoms with E-state index in [1.807, 2.05) is 37.3 Å². The summed E-state index contributed by atoms with van der Waals surface area (Å²) in [6.07, 6.45) is 2.31. The third-order valence-corrected chi connectivity index (χ3v) is 6.12. The standard InChI is InChI=1S/C21H17ClN4O4S2/c1-13-5-3-4-6-15(13)12-30-18-8-7-14(10-17(18)22)9-16(11-23)19(27)24-20-25-21(26-31-20)32(2,28)29/h3-10H,12H2,1-2H3,(H,24,25,26,27). The summed E-state index contributed by atoms with van der Waals surface area (Å²) in [5, 5.41) is 11.6. The highest BCUT2D eigenvalue weighted by molar-refractivity contribution is 7.90. The molecular formula is C21H17ClN4O4S2. The van der Waals surface area contributed by atoms with Crippen molar-refractivity contribution < 1.29 is 17.9 Å². The van der Waals surface area contributed by atoms with Gasteiger partial charge in [-0.1, -0.05) is 41.9 Å². The van der Waals surface area contributed by atoms with Gasteiger partial charge in [0.1, 0.15) is 24.0 Å². The third kappa shape index (κ3) is 5.91. The molecule has 0 spiro atoms. The summed E-state index contributed by atoms with van der Waals surface area (Å²) >= 11 is 7.01. The highest BCUT2D eigenvalue weighted by atomic mass is 35.5. The molecule has 32 heavy (non-hydrogen) atoms. The van der Waals surface area contributed by atoms with Crippen LogP contribution in [0.1, 0.15) is 16.7 Å². The van der Waals surface area contributed by atoms with Crippen molar-refractivity contribution in [3.63, 3.8) is 0 Å². The second kappa shape index (κ2) is 9.91. The van der Waals surface area contributed by atoms with E-state index < -0.39 is 20.9 Å². The van der Waals surface area contributed by atoms with E-state index in [-0.39, 0.29) is 10.7 Å². The Hall–Kier alpha value is -3.26. The predicted octanol–water partition coefficient (Wildman–Crippen LogP) is 4.03. The molecule has 1 amide bonds. The molecule has 0 atom stereocenters. The second-order valence-corrected chi connectivity index (χ2v) is 9.75. The summed E-state index contributed by atoms with van der Waals surface area (Å²) < 4.78 is 32.4. The van der Waals surface area contributed by atoms with Crippen LogP contribution >= 0.6 is 23.1 Å². The van der Waals surface area contributed by atoms with E-state index in [4.69, 9.17) is 16.3 Å². The molecule has 1 N–H and O–H groups in total. The minimum atomic E-state index is -3.60. The van der Waals surface area contributed by atoms with Crippen LogP contribution in [-0.4, -0.2) is 29.9 Å². The number of amides is 1. The summed E-state index contributed by atoms with van der Waals surface area (Å²) in [6, 6.07) is 14.5. The molecule has 0 aliphatic rings. The summed E-state index contributed by atoms with van der Waals surface area (Å²) in [5.74, 6) is -0.281. The maximum absolute atomic E-state index is 12.4. The van der Waals surface area contributed by atoms with Gasteiger partial charge in [0.15, 0.2) is 0 Å². The molecule has 0 saturated heterocycles. The second-order valence-electron chi connectivity index (χ2n) is 6.68. The predicted molar refractivity (Wildman–Crippen MR) is 122 cm³/mol. The number of anilines is 1. The number of nitriles is 1. The Morgan fingerprint density at radius 1 is 1.31 bits per heavy atom. The van der Waals surface area contributed by atoms with Crippen LogP contribution in [0.15, 0.2) is 53.2 Å². The third-order valence-electron chi connectivity index (χ3n) is 4.24. The Kier molecular flexibility index (Phi) is 7.25. The SMILES string of the molecule is Cc1ccccc1COc1ccc(C=C(C#N)C(=O)Nc2nc(S(C)(=O)=O)ns2)cc1Cl. The van der Waals surface area contributed by atoms with E-state index in [9.17, 15) is 18.5 Å². The first-order valence-corrected chi connectivity index (χ1v) is 12.2. The van der Waals surface area contributed by atoms with Crippen LogP contribution in [-0.2, 0) is 21.2 Å². The van der Waals surface area contributed by atoms with E-state index >= 15 is 0 Å². The number of hydrogen-bond acceptors (Lipinski definition) is 8. The van der Waals surface area contributed by atoms with Gasteiger partial charge in [0.2, 0.25) is 15.0 Å². The lowest BCUT2D eigenvalue weighted by molar-refractivity contribution is -0.112.